The Balaban J connectivity index is 2.10. The van der Waals surface area contributed by atoms with Gasteiger partial charge in [-0.2, -0.15) is 13.2 Å². The number of alkyl halides is 3. The molecule has 0 saturated heterocycles. The normalized spacial score (nSPS) is 11.6. The fourth-order valence-electron chi connectivity index (χ4n) is 4.01. The Labute approximate surface area is 257 Å². The van der Waals surface area contributed by atoms with Crippen molar-refractivity contribution in [1.29, 1.82) is 0 Å². The summed E-state index contributed by atoms with van der Waals surface area (Å²) in [6.45, 7) is 3.76. The summed E-state index contributed by atoms with van der Waals surface area (Å²) in [6, 6.07) is 4.70. The lowest BCUT2D eigenvalue weighted by Gasteiger charge is -2.28. The van der Waals surface area contributed by atoms with Crippen LogP contribution in [0.1, 0.15) is 48.0 Å². The monoisotopic (exact) mass is 660 g/mol. The number of hydrogen-bond donors (Lipinski definition) is 2. The van der Waals surface area contributed by atoms with Crippen molar-refractivity contribution in [2.45, 2.75) is 45.5 Å². The smallest absolute Gasteiger partial charge is 0.419 e. The van der Waals surface area contributed by atoms with Gasteiger partial charge in [-0.15, -0.1) is 0 Å². The minimum absolute atomic E-state index is 0.0471. The van der Waals surface area contributed by atoms with E-state index >= 15 is 0 Å². The third-order valence-electron chi connectivity index (χ3n) is 6.06. The number of ether oxygens (including phenoxy) is 2. The molecule has 17 heteroatoms. The first-order valence-electron chi connectivity index (χ1n) is 12.9. The number of carbonyl (C=O) groups is 2. The van der Waals surface area contributed by atoms with Crippen molar-refractivity contribution in [2.75, 3.05) is 19.0 Å². The molecule has 11 nitrogen and oxygen atoms in total. The van der Waals surface area contributed by atoms with Crippen LogP contribution in [0.3, 0.4) is 0 Å². The quantitative estimate of drug-likeness (QED) is 0.129. The van der Waals surface area contributed by atoms with E-state index in [1.54, 1.807) is 20.8 Å². The maximum Gasteiger partial charge on any atom is 0.419 e. The predicted octanol–water partition coefficient (Wildman–Crippen LogP) is 7.37. The van der Waals surface area contributed by atoms with Gasteiger partial charge in [0.2, 0.25) is 5.88 Å². The standard InChI is InChI=1S/C28H26ClF5N4O7/c1-27(2,3)45-26(41)37(10-9-20-22(38(42)43)7-8-23(36-20)44-4)13-15-19(6-5-17(30)24(15)29)35-21-12-16(28(32,33)34)18(31)11-14(21)25(39)40/h5-8,11-12,35H,9-10,13H2,1-4H3,(H,39,40). The first-order valence-corrected chi connectivity index (χ1v) is 13.2. The van der Waals surface area contributed by atoms with Crippen molar-refractivity contribution in [3.05, 3.63) is 85.6 Å². The molecule has 0 atom stereocenters. The van der Waals surface area contributed by atoms with Crippen molar-refractivity contribution in [2.24, 2.45) is 0 Å². The number of pyridine rings is 1. The molecule has 45 heavy (non-hydrogen) atoms. The lowest BCUT2D eigenvalue weighted by molar-refractivity contribution is -0.386. The number of carboxylic acid groups (broad SMARTS) is 1. The van der Waals surface area contributed by atoms with Crippen molar-refractivity contribution in [1.82, 2.24) is 9.88 Å². The first-order chi connectivity index (χ1) is 20.8. The van der Waals surface area contributed by atoms with E-state index in [0.29, 0.717) is 0 Å². The molecule has 0 aliphatic carbocycles. The molecule has 3 rings (SSSR count). The van der Waals surface area contributed by atoms with Gasteiger partial charge < -0.3 is 24.8 Å². The third-order valence-corrected chi connectivity index (χ3v) is 6.47. The van der Waals surface area contributed by atoms with Crippen molar-refractivity contribution < 1.29 is 51.0 Å². The predicted molar refractivity (Wildman–Crippen MR) is 151 cm³/mol. The number of aromatic nitrogens is 1. The Morgan fingerprint density at radius 1 is 1.09 bits per heavy atom. The number of nitrogens with one attached hydrogen (secondary N) is 1. The minimum atomic E-state index is -5.19. The second-order valence-corrected chi connectivity index (χ2v) is 10.8. The Kier molecular flexibility index (Phi) is 10.4. The Morgan fingerprint density at radius 3 is 2.31 bits per heavy atom. The zero-order valence-electron chi connectivity index (χ0n) is 24.1. The second kappa shape index (κ2) is 13.5. The molecule has 0 aliphatic heterocycles. The highest BCUT2D eigenvalue weighted by Gasteiger charge is 2.36. The van der Waals surface area contributed by atoms with Gasteiger partial charge in [0.05, 0.1) is 40.4 Å². The zero-order valence-corrected chi connectivity index (χ0v) is 24.8. The third kappa shape index (κ3) is 8.68. The summed E-state index contributed by atoms with van der Waals surface area (Å²) in [7, 11) is 1.29. The van der Waals surface area contributed by atoms with E-state index in [1.807, 2.05) is 0 Å². The molecule has 1 heterocycles. The summed E-state index contributed by atoms with van der Waals surface area (Å²) in [5.41, 5.74) is -5.33. The molecule has 0 bridgehead atoms. The van der Waals surface area contributed by atoms with Gasteiger partial charge in [-0.05, 0) is 45.0 Å². The van der Waals surface area contributed by atoms with E-state index < -0.39 is 68.8 Å². The van der Waals surface area contributed by atoms with Gasteiger partial charge in [0.15, 0.2) is 0 Å². The first kappa shape index (κ1) is 34.8. The van der Waals surface area contributed by atoms with E-state index in [2.05, 4.69) is 10.3 Å². The molecule has 0 radical (unpaired) electrons. The van der Waals surface area contributed by atoms with E-state index in [-0.39, 0.29) is 53.6 Å². The van der Waals surface area contributed by atoms with Crippen LogP contribution in [-0.2, 0) is 23.9 Å². The lowest BCUT2D eigenvalue weighted by Crippen LogP contribution is -2.38. The molecule has 3 aromatic rings. The summed E-state index contributed by atoms with van der Waals surface area (Å²) in [4.78, 5) is 41.0. The van der Waals surface area contributed by atoms with Gasteiger partial charge in [-0.1, -0.05) is 11.6 Å². The average molecular weight is 661 g/mol. The molecular weight excluding hydrogens is 635 g/mol. The van der Waals surface area contributed by atoms with Crippen LogP contribution in [0.4, 0.5) is 43.8 Å². The van der Waals surface area contributed by atoms with Crippen molar-refractivity contribution in [3.63, 3.8) is 0 Å². The topological polar surface area (TPSA) is 144 Å². The highest BCUT2D eigenvalue weighted by molar-refractivity contribution is 6.32. The van der Waals surface area contributed by atoms with Crippen molar-refractivity contribution >= 4 is 40.7 Å². The molecule has 0 saturated carbocycles. The number of carboxylic acids is 1. The van der Waals surface area contributed by atoms with Crippen molar-refractivity contribution in [3.8, 4) is 5.88 Å². The van der Waals surface area contributed by atoms with Gasteiger partial charge in [0, 0.05) is 36.3 Å². The maximum atomic E-state index is 14.7. The molecule has 1 amide bonds. The van der Waals surface area contributed by atoms with Gasteiger partial charge in [0.1, 0.15) is 22.9 Å². The van der Waals surface area contributed by atoms with Gasteiger partial charge in [0.25, 0.3) is 5.69 Å². The van der Waals surface area contributed by atoms with E-state index in [9.17, 15) is 46.8 Å². The SMILES string of the molecule is COc1ccc([N+](=O)[O-])c(CCN(Cc2c(Nc3cc(C(F)(F)F)c(F)cc3C(=O)O)ccc(F)c2Cl)C(=O)OC(C)(C)C)n1. The van der Waals surface area contributed by atoms with Crippen LogP contribution in [0.25, 0.3) is 0 Å². The summed E-state index contributed by atoms with van der Waals surface area (Å²) in [6.07, 6.45) is -6.41. The van der Waals surface area contributed by atoms with E-state index in [4.69, 9.17) is 21.1 Å². The number of nitrogens with zero attached hydrogens (tertiary/aromatic N) is 3. The Bertz CT molecular complexity index is 1630. The van der Waals surface area contributed by atoms with Crippen LogP contribution in [0.2, 0.25) is 5.02 Å². The second-order valence-electron chi connectivity index (χ2n) is 10.4. The summed E-state index contributed by atoms with van der Waals surface area (Å²) in [5, 5.41) is 23.0. The van der Waals surface area contributed by atoms with E-state index in [0.717, 1.165) is 23.1 Å². The number of nitro groups is 1. The minimum Gasteiger partial charge on any atom is -0.481 e. The van der Waals surface area contributed by atoms with Gasteiger partial charge in [-0.3, -0.25) is 10.1 Å². The molecule has 242 valence electrons. The molecule has 2 aromatic carbocycles. The molecule has 0 spiro atoms. The number of benzene rings is 2. The van der Waals surface area contributed by atoms with Crippen LogP contribution in [0.5, 0.6) is 5.88 Å². The fourth-order valence-corrected chi connectivity index (χ4v) is 4.24. The number of amides is 1. The molecule has 0 unspecified atom stereocenters. The zero-order chi connectivity index (χ0) is 33.9. The Hall–Kier alpha value is -4.73. The van der Waals surface area contributed by atoms with Crippen LogP contribution in [0.15, 0.2) is 36.4 Å². The molecule has 0 fully saturated rings. The molecular formula is C28H26ClF5N4O7. The highest BCUT2D eigenvalue weighted by Crippen LogP contribution is 2.37. The number of halogens is 6. The van der Waals surface area contributed by atoms with Crippen LogP contribution < -0.4 is 10.1 Å². The van der Waals surface area contributed by atoms with Crippen LogP contribution >= 0.6 is 11.6 Å². The highest BCUT2D eigenvalue weighted by atomic mass is 35.5. The number of hydrogen-bond acceptors (Lipinski definition) is 8. The van der Waals surface area contributed by atoms with Crippen LogP contribution in [0, 0.1) is 21.7 Å². The number of anilines is 2. The fraction of sp³-hybridized carbons (Fsp3) is 0.321. The summed E-state index contributed by atoms with van der Waals surface area (Å²) < 4.78 is 79.7. The number of methoxy groups -OCH3 is 1. The lowest BCUT2D eigenvalue weighted by atomic mass is 10.1. The summed E-state index contributed by atoms with van der Waals surface area (Å²) >= 11 is 6.23. The molecule has 2 N–H and O–H groups in total. The molecule has 1 aromatic heterocycles. The maximum absolute atomic E-state index is 14.7. The largest absolute Gasteiger partial charge is 0.481 e. The number of aromatic carboxylic acids is 1. The number of rotatable bonds is 10. The molecule has 0 aliphatic rings. The average Bonchev–Trinajstić information content (AvgIpc) is 2.92. The summed E-state index contributed by atoms with van der Waals surface area (Å²) in [5.74, 6) is -4.56. The van der Waals surface area contributed by atoms with Crippen LogP contribution in [-0.4, -0.2) is 51.2 Å². The van der Waals surface area contributed by atoms with Gasteiger partial charge >= 0.3 is 18.2 Å². The number of carbonyl (C=O) groups excluding carboxylic acids is 1. The Morgan fingerprint density at radius 2 is 1.76 bits per heavy atom. The van der Waals surface area contributed by atoms with E-state index in [1.165, 1.54) is 13.2 Å². The van der Waals surface area contributed by atoms with Gasteiger partial charge in [-0.25, -0.2) is 23.4 Å².